The molecule has 0 saturated carbocycles. The van der Waals surface area contributed by atoms with Crippen LogP contribution in [0.1, 0.15) is 33.1 Å². The van der Waals surface area contributed by atoms with Gasteiger partial charge in [0.1, 0.15) is 0 Å². The summed E-state index contributed by atoms with van der Waals surface area (Å²) in [4.78, 5) is 0. The maximum atomic E-state index is 7.12. The molecule has 0 aromatic rings. The predicted molar refractivity (Wildman–Crippen MR) is 36.8 cm³/mol. The van der Waals surface area contributed by atoms with Gasteiger partial charge in [-0.3, -0.25) is 0 Å². The lowest BCUT2D eigenvalue weighted by Gasteiger charge is -1.79. The van der Waals surface area contributed by atoms with Crippen LogP contribution >= 0.6 is 0 Å². The Balaban J connectivity index is 0. The predicted octanol–water partition coefficient (Wildman–Crippen LogP) is 0.434. The Morgan fingerprint density at radius 3 is 1.38 bits per heavy atom. The topological polar surface area (TPSA) is 40.5 Å². The average molecular weight is 118 g/mol. The van der Waals surface area contributed by atoms with E-state index in [-0.39, 0.29) is 0 Å². The Labute approximate surface area is 51.9 Å². The molecule has 0 atom stereocenters. The highest BCUT2D eigenvalue weighted by Gasteiger charge is 1.68. The van der Waals surface area contributed by atoms with Gasteiger partial charge in [0, 0.05) is 0 Å². The van der Waals surface area contributed by atoms with Gasteiger partial charge in [-0.25, -0.2) is 0 Å². The Morgan fingerprint density at radius 2 is 1.38 bits per heavy atom. The summed E-state index contributed by atoms with van der Waals surface area (Å²) in [5.74, 6) is 0. The van der Waals surface area contributed by atoms with Crippen LogP contribution in [-0.2, 0) is 0 Å². The van der Waals surface area contributed by atoms with Crippen molar-refractivity contribution in [1.82, 2.24) is 0 Å². The van der Waals surface area contributed by atoms with E-state index in [0.29, 0.717) is 0 Å². The molecule has 2 nitrogen and oxygen atoms in total. The fourth-order valence-electron chi connectivity index (χ4n) is 0.354. The Morgan fingerprint density at radius 1 is 1.12 bits per heavy atom. The lowest BCUT2D eigenvalue weighted by atomic mass is 10.3. The van der Waals surface area contributed by atoms with Crippen LogP contribution in [0.2, 0.25) is 0 Å². The van der Waals surface area contributed by atoms with Crippen LogP contribution in [0.25, 0.3) is 0 Å². The molecule has 0 saturated heterocycles. The van der Waals surface area contributed by atoms with E-state index < -0.39 is 7.69 Å². The number of hydrogen-bond donors (Lipinski definition) is 2. The van der Waals surface area contributed by atoms with Crippen molar-refractivity contribution >= 4 is 7.69 Å². The minimum absolute atomic E-state index is 0.750. The lowest BCUT2D eigenvalue weighted by Crippen LogP contribution is -1.75. The molecule has 0 aliphatic carbocycles. The van der Waals surface area contributed by atoms with E-state index in [1.807, 2.05) is 0 Å². The van der Waals surface area contributed by atoms with Crippen LogP contribution in [-0.4, -0.2) is 17.7 Å². The molecule has 0 aromatic heterocycles. The molecule has 0 aliphatic rings. The summed E-state index contributed by atoms with van der Waals surface area (Å²) in [5, 5.41) is 14.2. The second-order valence-corrected chi connectivity index (χ2v) is 1.49. The van der Waals surface area contributed by atoms with Crippen LogP contribution in [0.15, 0.2) is 0 Å². The molecule has 50 valence electrons. The normalized spacial score (nSPS) is 7.00. The summed E-state index contributed by atoms with van der Waals surface area (Å²) >= 11 is 0. The largest absolute Gasteiger partial charge is 0.432 e. The molecule has 0 radical (unpaired) electrons. The van der Waals surface area contributed by atoms with Gasteiger partial charge in [0.2, 0.25) is 0 Å². The van der Waals surface area contributed by atoms with Crippen molar-refractivity contribution in [2.75, 3.05) is 0 Å². The number of rotatable bonds is 2. The van der Waals surface area contributed by atoms with Gasteiger partial charge in [0.15, 0.2) is 0 Å². The molecular formula is C5H15BO2. The highest BCUT2D eigenvalue weighted by Crippen LogP contribution is 1.88. The van der Waals surface area contributed by atoms with E-state index >= 15 is 0 Å². The molecule has 3 heteroatoms. The highest BCUT2D eigenvalue weighted by atomic mass is 16.4. The van der Waals surface area contributed by atoms with Crippen LogP contribution < -0.4 is 0 Å². The first-order valence-corrected chi connectivity index (χ1v) is 3.05. The molecule has 0 bridgehead atoms. The van der Waals surface area contributed by atoms with Crippen LogP contribution in [0.5, 0.6) is 0 Å². The van der Waals surface area contributed by atoms with Gasteiger partial charge in [-0.1, -0.05) is 33.1 Å². The van der Waals surface area contributed by atoms with Crippen LogP contribution in [0.3, 0.4) is 0 Å². The van der Waals surface area contributed by atoms with Crippen molar-refractivity contribution in [2.45, 2.75) is 33.1 Å². The van der Waals surface area contributed by atoms with Gasteiger partial charge in [-0.15, -0.1) is 0 Å². The van der Waals surface area contributed by atoms with Crippen molar-refractivity contribution in [3.05, 3.63) is 0 Å². The van der Waals surface area contributed by atoms with Crippen molar-refractivity contribution < 1.29 is 10.0 Å². The van der Waals surface area contributed by atoms with E-state index in [2.05, 4.69) is 13.8 Å². The molecule has 0 rings (SSSR count). The van der Waals surface area contributed by atoms with E-state index in [1.165, 1.54) is 19.3 Å². The van der Waals surface area contributed by atoms with Gasteiger partial charge >= 0.3 is 7.69 Å². The highest BCUT2D eigenvalue weighted by molar-refractivity contribution is 6.13. The average Bonchev–Trinajstić information content (AvgIpc) is 1.71. The van der Waals surface area contributed by atoms with E-state index in [0.717, 1.165) is 0 Å². The maximum Gasteiger partial charge on any atom is 0.432 e. The maximum absolute atomic E-state index is 7.12. The minimum Gasteiger partial charge on any atom is -0.430 e. The first kappa shape index (κ1) is 10.9. The van der Waals surface area contributed by atoms with Gasteiger partial charge in [-0.2, -0.15) is 0 Å². The minimum atomic E-state index is -0.750. The summed E-state index contributed by atoms with van der Waals surface area (Å²) in [7, 11) is -0.750. The van der Waals surface area contributed by atoms with E-state index in [4.69, 9.17) is 10.0 Å². The van der Waals surface area contributed by atoms with E-state index in [1.54, 1.807) is 0 Å². The van der Waals surface area contributed by atoms with Crippen molar-refractivity contribution in [2.24, 2.45) is 0 Å². The summed E-state index contributed by atoms with van der Waals surface area (Å²) in [6, 6.07) is 0. The third-order valence-corrected chi connectivity index (χ3v) is 0.707. The monoisotopic (exact) mass is 118 g/mol. The van der Waals surface area contributed by atoms with Gasteiger partial charge in [-0.05, 0) is 0 Å². The molecule has 0 aliphatic heterocycles. The second kappa shape index (κ2) is 15.8. The third-order valence-electron chi connectivity index (χ3n) is 0.707. The van der Waals surface area contributed by atoms with Crippen LogP contribution in [0.4, 0.5) is 0 Å². The SMILES string of the molecule is CCCCC.OBO. The quantitative estimate of drug-likeness (QED) is 0.516. The Kier molecular flexibility index (Phi) is 21.4. The fourth-order valence-corrected chi connectivity index (χ4v) is 0.354. The Hall–Kier alpha value is -0.0151. The van der Waals surface area contributed by atoms with Crippen molar-refractivity contribution in [1.29, 1.82) is 0 Å². The second-order valence-electron chi connectivity index (χ2n) is 1.49. The van der Waals surface area contributed by atoms with Gasteiger partial charge in [0.05, 0.1) is 0 Å². The zero-order valence-corrected chi connectivity index (χ0v) is 5.72. The molecule has 0 heterocycles. The summed E-state index contributed by atoms with van der Waals surface area (Å²) < 4.78 is 0. The van der Waals surface area contributed by atoms with E-state index in [9.17, 15) is 0 Å². The molecule has 0 amide bonds. The summed E-state index contributed by atoms with van der Waals surface area (Å²) in [6.45, 7) is 4.42. The van der Waals surface area contributed by atoms with Gasteiger partial charge in [0.25, 0.3) is 0 Å². The fraction of sp³-hybridized carbons (Fsp3) is 1.00. The third kappa shape index (κ3) is 37.7. The van der Waals surface area contributed by atoms with Crippen LogP contribution in [0, 0.1) is 0 Å². The van der Waals surface area contributed by atoms with Crippen molar-refractivity contribution in [3.8, 4) is 0 Å². The molecule has 2 N–H and O–H groups in total. The summed E-state index contributed by atoms with van der Waals surface area (Å²) in [6.07, 6.45) is 4.08. The molecule has 0 unspecified atom stereocenters. The molecular weight excluding hydrogens is 103 g/mol. The first-order valence-electron chi connectivity index (χ1n) is 3.05. The Bertz CT molecular complexity index is 24.4. The number of hydrogen-bond acceptors (Lipinski definition) is 2. The van der Waals surface area contributed by atoms with Crippen molar-refractivity contribution in [3.63, 3.8) is 0 Å². The smallest absolute Gasteiger partial charge is 0.430 e. The summed E-state index contributed by atoms with van der Waals surface area (Å²) in [5.41, 5.74) is 0. The standard InChI is InChI=1S/C5H12.BH3O2/c1-3-5-4-2;2-1-3/h3-5H2,1-2H3;1-3H. The molecule has 8 heavy (non-hydrogen) atoms. The zero-order valence-electron chi connectivity index (χ0n) is 5.72. The number of unbranched alkanes of at least 4 members (excludes halogenated alkanes) is 2. The molecule has 0 aromatic carbocycles. The van der Waals surface area contributed by atoms with Gasteiger partial charge < -0.3 is 10.0 Å². The molecule has 0 fully saturated rings. The zero-order chi connectivity index (χ0) is 6.83. The first-order chi connectivity index (χ1) is 3.83. The lowest BCUT2D eigenvalue weighted by molar-refractivity contribution is 0.448. The molecule has 0 spiro atoms.